The fourth-order valence-corrected chi connectivity index (χ4v) is 2.49. The lowest BCUT2D eigenvalue weighted by Gasteiger charge is -2.28. The predicted molar refractivity (Wildman–Crippen MR) is 97.9 cm³/mol. The van der Waals surface area contributed by atoms with Crippen molar-refractivity contribution >= 4 is 11.6 Å². The van der Waals surface area contributed by atoms with Crippen molar-refractivity contribution < 1.29 is 0 Å². The number of rotatable bonds is 8. The molecule has 23 heavy (non-hydrogen) atoms. The van der Waals surface area contributed by atoms with Gasteiger partial charge in [0.15, 0.2) is 0 Å². The second kappa shape index (κ2) is 8.51. The fraction of sp³-hybridized carbons (Fsp3) is 0.474. The Balaban J connectivity index is 2.21. The van der Waals surface area contributed by atoms with Crippen LogP contribution in [0.1, 0.15) is 45.0 Å². The quantitative estimate of drug-likeness (QED) is 0.733. The highest BCUT2D eigenvalue weighted by atomic mass is 15.2. The highest BCUT2D eigenvalue weighted by molar-refractivity contribution is 5.50. The molecule has 0 spiro atoms. The van der Waals surface area contributed by atoms with Crippen molar-refractivity contribution in [3.8, 4) is 0 Å². The van der Waals surface area contributed by atoms with Crippen LogP contribution in [0.15, 0.2) is 36.4 Å². The van der Waals surface area contributed by atoms with Gasteiger partial charge in [0.1, 0.15) is 17.5 Å². The van der Waals surface area contributed by atoms with Gasteiger partial charge in [-0.05, 0) is 32.8 Å². The molecule has 1 heterocycles. The van der Waals surface area contributed by atoms with E-state index in [0.717, 1.165) is 37.0 Å². The van der Waals surface area contributed by atoms with E-state index in [-0.39, 0.29) is 0 Å². The maximum absolute atomic E-state index is 4.65. The van der Waals surface area contributed by atoms with Crippen molar-refractivity contribution in [1.29, 1.82) is 0 Å². The molecule has 0 bridgehead atoms. The van der Waals surface area contributed by atoms with Gasteiger partial charge < -0.3 is 10.2 Å². The topological polar surface area (TPSA) is 41.0 Å². The Labute approximate surface area is 140 Å². The molecule has 0 saturated carbocycles. The van der Waals surface area contributed by atoms with Gasteiger partial charge in [0.05, 0.1) is 0 Å². The van der Waals surface area contributed by atoms with Crippen LogP contribution in [-0.4, -0.2) is 22.6 Å². The van der Waals surface area contributed by atoms with E-state index in [1.165, 1.54) is 12.0 Å². The Morgan fingerprint density at radius 2 is 1.87 bits per heavy atom. The number of hydrogen-bond donors (Lipinski definition) is 1. The Morgan fingerprint density at radius 3 is 2.52 bits per heavy atom. The molecule has 0 aliphatic rings. The van der Waals surface area contributed by atoms with E-state index in [9.17, 15) is 0 Å². The third kappa shape index (κ3) is 5.23. The zero-order valence-electron chi connectivity index (χ0n) is 14.7. The average Bonchev–Trinajstić information content (AvgIpc) is 2.53. The molecular formula is C19H28N4. The third-order valence-corrected chi connectivity index (χ3v) is 3.77. The zero-order valence-corrected chi connectivity index (χ0v) is 14.7. The molecule has 1 aromatic heterocycles. The molecule has 4 heteroatoms. The van der Waals surface area contributed by atoms with Gasteiger partial charge in [0.2, 0.25) is 0 Å². The number of nitrogens with zero attached hydrogens (tertiary/aromatic N) is 3. The van der Waals surface area contributed by atoms with Gasteiger partial charge in [-0.25, -0.2) is 9.97 Å². The Morgan fingerprint density at radius 1 is 1.13 bits per heavy atom. The second-order valence-electron chi connectivity index (χ2n) is 6.15. The normalized spacial score (nSPS) is 10.8. The van der Waals surface area contributed by atoms with Gasteiger partial charge in [0.25, 0.3) is 0 Å². The molecule has 1 N–H and O–H groups in total. The molecule has 1 aromatic carbocycles. The van der Waals surface area contributed by atoms with E-state index >= 15 is 0 Å². The number of hydrogen-bond acceptors (Lipinski definition) is 4. The molecule has 0 fully saturated rings. The van der Waals surface area contributed by atoms with Crippen LogP contribution in [0.4, 0.5) is 11.6 Å². The van der Waals surface area contributed by atoms with E-state index in [1.807, 2.05) is 13.0 Å². The SMILES string of the molecule is CCCCNc1cc(N(Cc2ccccc2)C(C)C)nc(C)n1. The lowest BCUT2D eigenvalue weighted by Crippen LogP contribution is -2.31. The highest BCUT2D eigenvalue weighted by Crippen LogP contribution is 2.21. The van der Waals surface area contributed by atoms with Crippen molar-refractivity contribution in [3.63, 3.8) is 0 Å². The third-order valence-electron chi connectivity index (χ3n) is 3.77. The van der Waals surface area contributed by atoms with Crippen LogP contribution in [0.2, 0.25) is 0 Å². The van der Waals surface area contributed by atoms with Crippen LogP contribution in [0.25, 0.3) is 0 Å². The summed E-state index contributed by atoms with van der Waals surface area (Å²) in [5.41, 5.74) is 1.29. The number of unbranched alkanes of at least 4 members (excludes halogenated alkanes) is 1. The summed E-state index contributed by atoms with van der Waals surface area (Å²) in [6, 6.07) is 13.0. The van der Waals surface area contributed by atoms with Gasteiger partial charge in [-0.1, -0.05) is 43.7 Å². The van der Waals surface area contributed by atoms with Gasteiger partial charge >= 0.3 is 0 Å². The summed E-state index contributed by atoms with van der Waals surface area (Å²) >= 11 is 0. The van der Waals surface area contributed by atoms with Crippen LogP contribution in [0.5, 0.6) is 0 Å². The van der Waals surface area contributed by atoms with Crippen molar-refractivity contribution in [2.24, 2.45) is 0 Å². The molecule has 0 unspecified atom stereocenters. The smallest absolute Gasteiger partial charge is 0.134 e. The number of nitrogens with one attached hydrogen (secondary N) is 1. The first-order valence-corrected chi connectivity index (χ1v) is 8.50. The summed E-state index contributed by atoms with van der Waals surface area (Å²) in [4.78, 5) is 11.5. The number of aryl methyl sites for hydroxylation is 1. The van der Waals surface area contributed by atoms with Crippen molar-refractivity contribution in [1.82, 2.24) is 9.97 Å². The summed E-state index contributed by atoms with van der Waals surface area (Å²) in [5, 5.41) is 3.41. The highest BCUT2D eigenvalue weighted by Gasteiger charge is 2.14. The summed E-state index contributed by atoms with van der Waals surface area (Å²) in [6.07, 6.45) is 2.33. The monoisotopic (exact) mass is 312 g/mol. The lowest BCUT2D eigenvalue weighted by molar-refractivity contribution is 0.669. The van der Waals surface area contributed by atoms with E-state index in [0.29, 0.717) is 6.04 Å². The van der Waals surface area contributed by atoms with Crippen LogP contribution in [0, 0.1) is 6.92 Å². The molecule has 0 aliphatic carbocycles. The molecule has 2 rings (SSSR count). The summed E-state index contributed by atoms with van der Waals surface area (Å²) in [6.45, 7) is 10.3. The van der Waals surface area contributed by atoms with Crippen molar-refractivity contribution in [3.05, 3.63) is 47.8 Å². The van der Waals surface area contributed by atoms with E-state index in [2.05, 4.69) is 71.3 Å². The Bertz CT molecular complexity index is 596. The molecule has 0 saturated heterocycles. The molecule has 0 amide bonds. The number of aromatic nitrogens is 2. The molecular weight excluding hydrogens is 284 g/mol. The maximum atomic E-state index is 4.65. The summed E-state index contributed by atoms with van der Waals surface area (Å²) in [5.74, 6) is 2.70. The van der Waals surface area contributed by atoms with Crippen molar-refractivity contribution in [2.75, 3.05) is 16.8 Å². The van der Waals surface area contributed by atoms with Crippen LogP contribution in [-0.2, 0) is 6.54 Å². The van der Waals surface area contributed by atoms with E-state index in [4.69, 9.17) is 0 Å². The predicted octanol–water partition coefficient (Wildman–Crippen LogP) is 4.41. The number of anilines is 2. The maximum Gasteiger partial charge on any atom is 0.134 e. The average molecular weight is 312 g/mol. The van der Waals surface area contributed by atoms with Crippen LogP contribution in [0.3, 0.4) is 0 Å². The summed E-state index contributed by atoms with van der Waals surface area (Å²) in [7, 11) is 0. The van der Waals surface area contributed by atoms with Gasteiger partial charge in [-0.3, -0.25) is 0 Å². The van der Waals surface area contributed by atoms with Crippen LogP contribution < -0.4 is 10.2 Å². The molecule has 0 aliphatic heterocycles. The summed E-state index contributed by atoms with van der Waals surface area (Å²) < 4.78 is 0. The lowest BCUT2D eigenvalue weighted by atomic mass is 10.2. The molecule has 4 nitrogen and oxygen atoms in total. The number of benzene rings is 1. The first kappa shape index (κ1) is 17.3. The first-order valence-electron chi connectivity index (χ1n) is 8.50. The Kier molecular flexibility index (Phi) is 6.39. The van der Waals surface area contributed by atoms with Gasteiger partial charge in [-0.15, -0.1) is 0 Å². The molecule has 0 atom stereocenters. The molecule has 2 aromatic rings. The fourth-order valence-electron chi connectivity index (χ4n) is 2.49. The minimum atomic E-state index is 0.369. The first-order chi connectivity index (χ1) is 11.1. The Hall–Kier alpha value is -2.10. The zero-order chi connectivity index (χ0) is 16.7. The van der Waals surface area contributed by atoms with E-state index < -0.39 is 0 Å². The minimum Gasteiger partial charge on any atom is -0.370 e. The second-order valence-corrected chi connectivity index (χ2v) is 6.15. The molecule has 124 valence electrons. The van der Waals surface area contributed by atoms with Crippen molar-refractivity contribution in [2.45, 2.75) is 53.1 Å². The van der Waals surface area contributed by atoms with Gasteiger partial charge in [0, 0.05) is 25.2 Å². The van der Waals surface area contributed by atoms with E-state index in [1.54, 1.807) is 0 Å². The van der Waals surface area contributed by atoms with Gasteiger partial charge in [-0.2, -0.15) is 0 Å². The molecule has 0 radical (unpaired) electrons. The van der Waals surface area contributed by atoms with Crippen LogP contribution >= 0.6 is 0 Å². The standard InChI is InChI=1S/C19H28N4/c1-5-6-12-20-18-13-19(22-16(4)21-18)23(15(2)3)14-17-10-8-7-9-11-17/h7-11,13,15H,5-6,12,14H2,1-4H3,(H,20,21,22). The minimum absolute atomic E-state index is 0.369. The largest absolute Gasteiger partial charge is 0.370 e.